The summed E-state index contributed by atoms with van der Waals surface area (Å²) in [6.07, 6.45) is 0. The highest BCUT2D eigenvalue weighted by Gasteiger charge is 2.50. The van der Waals surface area contributed by atoms with Crippen LogP contribution in [0.3, 0.4) is 0 Å². The van der Waals surface area contributed by atoms with Crippen LogP contribution in [-0.4, -0.2) is 47.2 Å². The zero-order valence-corrected chi connectivity index (χ0v) is 19.0. The number of hydrogen-bond acceptors (Lipinski definition) is 7. The van der Waals surface area contributed by atoms with Crippen molar-refractivity contribution in [2.75, 3.05) is 14.2 Å². The number of likely N-dealkylation sites (tertiary alicyclic amines) is 1. The number of nitrogens with zero attached hydrogens (tertiary/aromatic N) is 1. The van der Waals surface area contributed by atoms with Gasteiger partial charge < -0.3 is 14.2 Å². The van der Waals surface area contributed by atoms with E-state index in [0.29, 0.717) is 11.3 Å². The topological polar surface area (TPSA) is 82.1 Å². The lowest BCUT2D eigenvalue weighted by atomic mass is 10.1. The molecule has 0 radical (unpaired) electrons. The van der Waals surface area contributed by atoms with Crippen molar-refractivity contribution < 1.29 is 28.6 Å². The predicted octanol–water partition coefficient (Wildman–Crippen LogP) is 3.38. The number of hydrogen-bond donors (Lipinski definition) is 0. The van der Waals surface area contributed by atoms with Gasteiger partial charge in [-0.25, -0.2) is 9.59 Å². The van der Waals surface area contributed by atoms with Gasteiger partial charge in [-0.1, -0.05) is 46.4 Å². The van der Waals surface area contributed by atoms with Crippen molar-refractivity contribution in [1.29, 1.82) is 0 Å². The lowest BCUT2D eigenvalue weighted by Gasteiger charge is -2.44. The Hall–Kier alpha value is -2.26. The molecule has 7 nitrogen and oxygen atoms in total. The summed E-state index contributed by atoms with van der Waals surface area (Å²) in [6.45, 7) is 7.15. The molecule has 0 aromatic heterocycles. The second-order valence-electron chi connectivity index (χ2n) is 6.31. The first kappa shape index (κ1) is 23.0. The summed E-state index contributed by atoms with van der Waals surface area (Å²) in [6, 6.07) is 7.11. The van der Waals surface area contributed by atoms with Gasteiger partial charge in [0.2, 0.25) is 5.91 Å². The van der Waals surface area contributed by atoms with Gasteiger partial charge in [-0.15, -0.1) is 0 Å². The number of ether oxygens (including phenoxy) is 3. The maximum atomic E-state index is 12.8. The highest BCUT2D eigenvalue weighted by Crippen LogP contribution is 2.41. The van der Waals surface area contributed by atoms with E-state index in [1.165, 1.54) is 12.0 Å². The highest BCUT2D eigenvalue weighted by atomic mass is 79.9. The van der Waals surface area contributed by atoms with Gasteiger partial charge in [-0.3, -0.25) is 9.69 Å². The summed E-state index contributed by atoms with van der Waals surface area (Å²) >= 11 is 4.35. The van der Waals surface area contributed by atoms with E-state index in [2.05, 4.69) is 27.2 Å². The summed E-state index contributed by atoms with van der Waals surface area (Å²) in [7, 11) is 2.82. The number of rotatable bonds is 8. The van der Waals surface area contributed by atoms with Crippen molar-refractivity contribution in [2.45, 2.75) is 30.7 Å². The summed E-state index contributed by atoms with van der Waals surface area (Å²) < 4.78 is 15.2. The van der Waals surface area contributed by atoms with Crippen molar-refractivity contribution in [1.82, 2.24) is 4.90 Å². The Morgan fingerprint density at radius 1 is 1.17 bits per heavy atom. The molecule has 2 atom stereocenters. The number of carbonyl (C=O) groups is 3. The first-order valence-electron chi connectivity index (χ1n) is 8.59. The van der Waals surface area contributed by atoms with E-state index in [1.54, 1.807) is 45.2 Å². The molecule has 29 heavy (non-hydrogen) atoms. The molecule has 0 unspecified atom stereocenters. The molecule has 1 heterocycles. The van der Waals surface area contributed by atoms with Crippen LogP contribution in [0.25, 0.3) is 0 Å². The third-order valence-electron chi connectivity index (χ3n) is 4.09. The normalized spacial score (nSPS) is 17.8. The number of benzene rings is 1. The molecule has 2 rings (SSSR count). The molecule has 1 aromatic rings. The number of thioether (sulfide) groups is 1. The Morgan fingerprint density at radius 2 is 1.79 bits per heavy atom. The van der Waals surface area contributed by atoms with Crippen LogP contribution in [0.15, 0.2) is 47.0 Å². The molecule has 0 saturated carbocycles. The molecular weight excluding hydrogens is 462 g/mol. The predicted molar refractivity (Wildman–Crippen MR) is 113 cm³/mol. The number of halogens is 1. The minimum Gasteiger partial charge on any atom is -0.497 e. The first-order valence-corrected chi connectivity index (χ1v) is 10.4. The number of alkyl halides is 1. The average molecular weight is 484 g/mol. The average Bonchev–Trinajstić information content (AvgIpc) is 2.73. The molecule has 156 valence electrons. The Morgan fingerprint density at radius 3 is 2.31 bits per heavy atom. The number of β-lactam (4-membered cyclic amide) rings is 1. The lowest BCUT2D eigenvalue weighted by molar-refractivity contribution is -0.149. The highest BCUT2D eigenvalue weighted by molar-refractivity contribution is 9.10. The van der Waals surface area contributed by atoms with Crippen LogP contribution in [0.1, 0.15) is 19.4 Å². The minimum atomic E-state index is -0.622. The van der Waals surface area contributed by atoms with E-state index >= 15 is 0 Å². The fourth-order valence-corrected chi connectivity index (χ4v) is 4.37. The molecule has 1 saturated heterocycles. The Balaban J connectivity index is 2.13. The third kappa shape index (κ3) is 5.22. The molecule has 9 heteroatoms. The molecule has 0 bridgehead atoms. The summed E-state index contributed by atoms with van der Waals surface area (Å²) in [4.78, 5) is 37.8. The molecule has 0 aliphatic carbocycles. The van der Waals surface area contributed by atoms with Crippen molar-refractivity contribution in [3.63, 3.8) is 0 Å². The number of allylic oxidation sites excluding steroid dienone is 1. The molecule has 1 aliphatic heterocycles. The first-order chi connectivity index (χ1) is 13.7. The van der Waals surface area contributed by atoms with E-state index in [4.69, 9.17) is 9.47 Å². The SMILES string of the molecule is C=C(S[C@@H]1[C@@H](Br)C(=O)N1C(C(=O)OCc1ccc(OC)cc1)=C(C)C)C(=O)OC. The van der Waals surface area contributed by atoms with E-state index in [1.807, 2.05) is 0 Å². The lowest BCUT2D eigenvalue weighted by Crippen LogP contribution is -2.61. The fraction of sp³-hybridized carbons (Fsp3) is 0.350. The van der Waals surface area contributed by atoms with Gasteiger partial charge in [0.15, 0.2) is 0 Å². The van der Waals surface area contributed by atoms with Crippen LogP contribution < -0.4 is 4.74 Å². The number of esters is 2. The van der Waals surface area contributed by atoms with Crippen molar-refractivity contribution in [3.05, 3.63) is 52.6 Å². The van der Waals surface area contributed by atoms with Crippen LogP contribution >= 0.6 is 27.7 Å². The van der Waals surface area contributed by atoms with Gasteiger partial charge in [0.25, 0.3) is 0 Å². The molecular formula is C20H22BrNO6S. The van der Waals surface area contributed by atoms with Gasteiger partial charge in [0.1, 0.15) is 28.3 Å². The van der Waals surface area contributed by atoms with Crippen LogP contribution in [-0.2, 0) is 30.5 Å². The van der Waals surface area contributed by atoms with E-state index < -0.39 is 22.1 Å². The maximum Gasteiger partial charge on any atom is 0.355 e. The standard InChI is InChI=1S/C20H22BrNO6S/c1-11(2)16(20(25)28-10-13-6-8-14(26-4)9-7-13)22-17(23)15(21)18(22)29-12(3)19(24)27-5/h6-9,15,18H,3,10H2,1-2,4-5H3/t15-,18+/m0/s1. The van der Waals surface area contributed by atoms with Gasteiger partial charge in [0, 0.05) is 0 Å². The van der Waals surface area contributed by atoms with Crippen LogP contribution in [0, 0.1) is 0 Å². The van der Waals surface area contributed by atoms with Crippen LogP contribution in [0.5, 0.6) is 5.75 Å². The number of amides is 1. The maximum absolute atomic E-state index is 12.8. The Labute approximate surface area is 182 Å². The monoisotopic (exact) mass is 483 g/mol. The van der Waals surface area contributed by atoms with E-state index in [9.17, 15) is 14.4 Å². The summed E-state index contributed by atoms with van der Waals surface area (Å²) in [5.41, 5.74) is 1.55. The van der Waals surface area contributed by atoms with Crippen molar-refractivity contribution >= 4 is 45.5 Å². The van der Waals surface area contributed by atoms with Gasteiger partial charge in [0.05, 0.1) is 19.1 Å². The zero-order valence-electron chi connectivity index (χ0n) is 16.6. The van der Waals surface area contributed by atoms with Crippen molar-refractivity contribution in [3.8, 4) is 5.75 Å². The second-order valence-corrected chi connectivity index (χ2v) is 8.50. The molecule has 1 aromatic carbocycles. The van der Waals surface area contributed by atoms with Gasteiger partial charge in [-0.2, -0.15) is 0 Å². The third-order valence-corrected chi connectivity index (χ3v) is 6.51. The summed E-state index contributed by atoms with van der Waals surface area (Å²) in [5, 5.41) is -0.521. The Kier molecular flexibility index (Phi) is 7.92. The van der Waals surface area contributed by atoms with Crippen LogP contribution in [0.4, 0.5) is 0 Å². The minimum absolute atomic E-state index is 0.0477. The fourth-order valence-electron chi connectivity index (χ4n) is 2.57. The second kappa shape index (κ2) is 9.98. The van der Waals surface area contributed by atoms with E-state index in [0.717, 1.165) is 17.3 Å². The number of methoxy groups -OCH3 is 2. The van der Waals surface area contributed by atoms with Gasteiger partial charge in [-0.05, 0) is 37.1 Å². The molecule has 0 N–H and O–H groups in total. The largest absolute Gasteiger partial charge is 0.497 e. The number of carbonyl (C=O) groups excluding carboxylic acids is 3. The molecule has 1 fully saturated rings. The molecule has 1 amide bonds. The Bertz CT molecular complexity index is 847. The van der Waals surface area contributed by atoms with Crippen LogP contribution in [0.2, 0.25) is 0 Å². The smallest absolute Gasteiger partial charge is 0.355 e. The van der Waals surface area contributed by atoms with Crippen molar-refractivity contribution in [2.24, 2.45) is 0 Å². The van der Waals surface area contributed by atoms with Gasteiger partial charge >= 0.3 is 11.9 Å². The van der Waals surface area contributed by atoms with E-state index in [-0.39, 0.29) is 23.1 Å². The zero-order chi connectivity index (χ0) is 21.7. The quantitative estimate of drug-likeness (QED) is 0.242. The summed E-state index contributed by atoms with van der Waals surface area (Å²) in [5.74, 6) is -0.805. The molecule has 1 aliphatic rings. The molecule has 0 spiro atoms.